The third kappa shape index (κ3) is 3.97. The molecular weight excluding hydrogens is 392 g/mol. The van der Waals surface area contributed by atoms with Gasteiger partial charge in [-0.05, 0) is 23.3 Å². The summed E-state index contributed by atoms with van der Waals surface area (Å²) in [6.45, 7) is 0. The van der Waals surface area contributed by atoms with Gasteiger partial charge in [-0.15, -0.1) is 0 Å². The minimum atomic E-state index is -0.237. The smallest absolute Gasteiger partial charge is 0.274 e. The Morgan fingerprint density at radius 3 is 2.00 bits per heavy atom. The van der Waals surface area contributed by atoms with E-state index in [4.69, 9.17) is 19.3 Å². The van der Waals surface area contributed by atoms with Crippen LogP contribution in [0.15, 0.2) is 77.9 Å². The van der Waals surface area contributed by atoms with Crippen LogP contribution in [0, 0.1) is 0 Å². The Kier molecular flexibility index (Phi) is 5.89. The molecule has 158 valence electrons. The molecule has 3 aromatic rings. The van der Waals surface area contributed by atoms with Gasteiger partial charge in [-0.3, -0.25) is 4.79 Å². The molecule has 1 heterocycles. The number of amides is 1. The van der Waals surface area contributed by atoms with Crippen LogP contribution in [0.2, 0.25) is 0 Å². The topological polar surface area (TPSA) is 60.4 Å². The van der Waals surface area contributed by atoms with E-state index in [1.54, 1.807) is 17.1 Å². The van der Waals surface area contributed by atoms with Crippen LogP contribution >= 0.6 is 0 Å². The van der Waals surface area contributed by atoms with Crippen molar-refractivity contribution in [1.82, 2.24) is 5.01 Å². The molecule has 31 heavy (non-hydrogen) atoms. The lowest BCUT2D eigenvalue weighted by Gasteiger charge is -2.23. The highest BCUT2D eigenvalue weighted by molar-refractivity contribution is 6.05. The van der Waals surface area contributed by atoms with Gasteiger partial charge in [0.2, 0.25) is 5.75 Å². The zero-order valence-electron chi connectivity index (χ0n) is 17.7. The van der Waals surface area contributed by atoms with Crippen LogP contribution in [0.25, 0.3) is 0 Å². The van der Waals surface area contributed by atoms with Gasteiger partial charge in [-0.2, -0.15) is 5.10 Å². The van der Waals surface area contributed by atoms with Crippen molar-refractivity contribution in [3.63, 3.8) is 0 Å². The Morgan fingerprint density at radius 2 is 1.45 bits per heavy atom. The van der Waals surface area contributed by atoms with Gasteiger partial charge in [-0.25, -0.2) is 5.01 Å². The van der Waals surface area contributed by atoms with Crippen molar-refractivity contribution >= 4 is 11.6 Å². The summed E-state index contributed by atoms with van der Waals surface area (Å²) in [4.78, 5) is 13.6. The number of hydrogen-bond donors (Lipinski definition) is 0. The molecule has 1 aliphatic rings. The lowest BCUT2D eigenvalue weighted by Crippen LogP contribution is -2.27. The highest BCUT2D eigenvalue weighted by Gasteiger charge is 2.34. The van der Waals surface area contributed by atoms with E-state index in [0.717, 1.165) is 16.8 Å². The molecule has 0 fully saturated rings. The predicted octanol–water partition coefficient (Wildman–Crippen LogP) is 4.70. The maximum atomic E-state index is 13.6. The molecular formula is C25H24N2O4. The molecule has 0 aliphatic carbocycles. The molecule has 1 aliphatic heterocycles. The predicted molar refractivity (Wildman–Crippen MR) is 119 cm³/mol. The highest BCUT2D eigenvalue weighted by atomic mass is 16.5. The Balaban J connectivity index is 1.77. The molecule has 3 aromatic carbocycles. The Bertz CT molecular complexity index is 1070. The maximum absolute atomic E-state index is 13.6. The van der Waals surface area contributed by atoms with Crippen LogP contribution in [0.1, 0.15) is 33.9 Å². The third-order valence-corrected chi connectivity index (χ3v) is 5.32. The van der Waals surface area contributed by atoms with Gasteiger partial charge in [0.15, 0.2) is 11.5 Å². The van der Waals surface area contributed by atoms with Crippen LogP contribution in [0.4, 0.5) is 0 Å². The second kappa shape index (κ2) is 8.92. The summed E-state index contributed by atoms with van der Waals surface area (Å²) in [6.07, 6.45) is 0.629. The largest absolute Gasteiger partial charge is 0.493 e. The van der Waals surface area contributed by atoms with Gasteiger partial charge in [0, 0.05) is 12.0 Å². The summed E-state index contributed by atoms with van der Waals surface area (Å²) in [7, 11) is 4.59. The van der Waals surface area contributed by atoms with E-state index in [9.17, 15) is 4.79 Å². The number of hydrogen-bond acceptors (Lipinski definition) is 5. The molecule has 0 bridgehead atoms. The minimum Gasteiger partial charge on any atom is -0.493 e. The SMILES string of the molecule is COc1cc(C(=O)N2N=C(c3ccccc3)C[C@@H]2c2ccccc2)cc(OC)c1OC. The Morgan fingerprint density at radius 1 is 0.871 bits per heavy atom. The molecule has 0 spiro atoms. The quantitative estimate of drug-likeness (QED) is 0.584. The van der Waals surface area contributed by atoms with Gasteiger partial charge >= 0.3 is 0 Å². The fourth-order valence-electron chi connectivity index (χ4n) is 3.77. The average molecular weight is 416 g/mol. The number of rotatable bonds is 6. The summed E-state index contributed by atoms with van der Waals surface area (Å²) >= 11 is 0. The number of carbonyl (C=O) groups is 1. The Labute approximate surface area is 181 Å². The van der Waals surface area contributed by atoms with Gasteiger partial charge in [0.1, 0.15) is 0 Å². The zero-order chi connectivity index (χ0) is 21.8. The van der Waals surface area contributed by atoms with Gasteiger partial charge in [-0.1, -0.05) is 60.7 Å². The summed E-state index contributed by atoms with van der Waals surface area (Å²) < 4.78 is 16.2. The number of benzene rings is 3. The van der Waals surface area contributed by atoms with Gasteiger partial charge in [0.05, 0.1) is 33.1 Å². The molecule has 0 unspecified atom stereocenters. The van der Waals surface area contributed by atoms with Crippen molar-refractivity contribution in [3.05, 3.63) is 89.5 Å². The lowest BCUT2D eigenvalue weighted by atomic mass is 9.98. The normalized spacial score (nSPS) is 15.4. The first-order chi connectivity index (χ1) is 15.2. The summed E-state index contributed by atoms with van der Waals surface area (Å²) in [5, 5.41) is 6.29. The van der Waals surface area contributed by atoms with Crippen molar-refractivity contribution in [1.29, 1.82) is 0 Å². The van der Waals surface area contributed by atoms with E-state index in [1.807, 2.05) is 60.7 Å². The van der Waals surface area contributed by atoms with Crippen molar-refractivity contribution in [3.8, 4) is 17.2 Å². The van der Waals surface area contributed by atoms with E-state index in [2.05, 4.69) is 0 Å². The molecule has 0 saturated carbocycles. The molecule has 4 rings (SSSR count). The molecule has 0 N–H and O–H groups in total. The van der Waals surface area contributed by atoms with Crippen molar-refractivity contribution in [2.24, 2.45) is 5.10 Å². The number of hydrazone groups is 1. The molecule has 0 saturated heterocycles. The molecule has 1 amide bonds. The van der Waals surface area contributed by atoms with E-state index in [-0.39, 0.29) is 11.9 Å². The number of methoxy groups -OCH3 is 3. The number of carbonyl (C=O) groups excluding carboxylic acids is 1. The monoisotopic (exact) mass is 416 g/mol. The first-order valence-electron chi connectivity index (χ1n) is 9.97. The van der Waals surface area contributed by atoms with Crippen LogP contribution in [-0.2, 0) is 0 Å². The van der Waals surface area contributed by atoms with Crippen molar-refractivity contribution < 1.29 is 19.0 Å². The molecule has 6 heteroatoms. The van der Waals surface area contributed by atoms with Crippen molar-refractivity contribution in [2.75, 3.05) is 21.3 Å². The van der Waals surface area contributed by atoms with E-state index in [0.29, 0.717) is 29.2 Å². The lowest BCUT2D eigenvalue weighted by molar-refractivity contribution is 0.0710. The first-order valence-corrected chi connectivity index (χ1v) is 9.97. The highest BCUT2D eigenvalue weighted by Crippen LogP contribution is 2.40. The number of nitrogens with zero attached hydrogens (tertiary/aromatic N) is 2. The average Bonchev–Trinajstić information content (AvgIpc) is 3.29. The molecule has 0 aromatic heterocycles. The fourth-order valence-corrected chi connectivity index (χ4v) is 3.77. The second-order valence-electron chi connectivity index (χ2n) is 7.11. The van der Waals surface area contributed by atoms with E-state index >= 15 is 0 Å². The van der Waals surface area contributed by atoms with E-state index in [1.165, 1.54) is 21.3 Å². The molecule has 0 radical (unpaired) electrons. The summed E-state index contributed by atoms with van der Waals surface area (Å²) in [5.41, 5.74) is 3.31. The van der Waals surface area contributed by atoms with Crippen LogP contribution in [0.5, 0.6) is 17.2 Å². The van der Waals surface area contributed by atoms with Gasteiger partial charge < -0.3 is 14.2 Å². The van der Waals surface area contributed by atoms with E-state index < -0.39 is 0 Å². The summed E-state index contributed by atoms with van der Waals surface area (Å²) in [5.74, 6) is 1.05. The summed E-state index contributed by atoms with van der Waals surface area (Å²) in [6, 6.07) is 23.0. The van der Waals surface area contributed by atoms with Crippen LogP contribution in [-0.4, -0.2) is 38.0 Å². The Hall–Kier alpha value is -3.80. The molecule has 1 atom stereocenters. The van der Waals surface area contributed by atoms with Crippen LogP contribution in [0.3, 0.4) is 0 Å². The van der Waals surface area contributed by atoms with Crippen LogP contribution < -0.4 is 14.2 Å². The van der Waals surface area contributed by atoms with Crippen molar-refractivity contribution in [2.45, 2.75) is 12.5 Å². The second-order valence-corrected chi connectivity index (χ2v) is 7.11. The standard InChI is InChI=1S/C25H24N2O4/c1-29-22-14-19(15-23(30-2)24(22)31-3)25(28)27-21(18-12-8-5-9-13-18)16-20(26-27)17-10-6-4-7-11-17/h4-15,21H,16H2,1-3H3/t21-/m1/s1. The minimum absolute atomic E-state index is 0.206. The van der Waals surface area contributed by atoms with Gasteiger partial charge in [0.25, 0.3) is 5.91 Å². The number of ether oxygens (including phenoxy) is 3. The third-order valence-electron chi connectivity index (χ3n) is 5.32. The maximum Gasteiger partial charge on any atom is 0.274 e. The first kappa shape index (κ1) is 20.5. The molecule has 6 nitrogen and oxygen atoms in total. The fraction of sp³-hybridized carbons (Fsp3) is 0.200. The zero-order valence-corrected chi connectivity index (χ0v) is 17.7.